The molecule has 0 radical (unpaired) electrons. The fraction of sp³-hybridized carbons (Fsp3) is 0.545. The first-order chi connectivity index (χ1) is 6.77. The monoisotopic (exact) mass is 191 g/mol. The molecule has 1 aromatic heterocycles. The molecule has 0 aromatic carbocycles. The number of anilines is 2. The summed E-state index contributed by atoms with van der Waals surface area (Å²) in [7, 11) is 0. The maximum atomic E-state index is 5.82. The molecule has 0 spiro atoms. The maximum absolute atomic E-state index is 5.82. The highest BCUT2D eigenvalue weighted by molar-refractivity contribution is 5.64. The second kappa shape index (κ2) is 3.86. The lowest BCUT2D eigenvalue weighted by atomic mass is 10.1. The summed E-state index contributed by atoms with van der Waals surface area (Å²) >= 11 is 0. The van der Waals surface area contributed by atoms with Gasteiger partial charge in [-0.2, -0.15) is 0 Å². The highest BCUT2D eigenvalue weighted by Gasteiger charge is 2.23. The molecule has 3 heteroatoms. The Labute approximate surface area is 84.7 Å². The number of hydrogen-bond donors (Lipinski definition) is 2. The Kier molecular flexibility index (Phi) is 2.57. The predicted octanol–water partition coefficient (Wildman–Crippen LogP) is 2.26. The molecule has 76 valence electrons. The summed E-state index contributed by atoms with van der Waals surface area (Å²) in [6.07, 6.45) is 7.37. The van der Waals surface area contributed by atoms with Crippen molar-refractivity contribution in [1.29, 1.82) is 0 Å². The first-order valence-corrected chi connectivity index (χ1v) is 5.23. The van der Waals surface area contributed by atoms with Crippen molar-refractivity contribution in [2.45, 2.75) is 32.2 Å². The molecule has 2 unspecified atom stereocenters. The minimum absolute atomic E-state index is 0.583. The van der Waals surface area contributed by atoms with Crippen molar-refractivity contribution in [3.8, 4) is 0 Å². The molecule has 0 amide bonds. The second-order valence-corrected chi connectivity index (χ2v) is 4.12. The van der Waals surface area contributed by atoms with Gasteiger partial charge in [0, 0.05) is 12.2 Å². The van der Waals surface area contributed by atoms with E-state index in [1.807, 2.05) is 6.07 Å². The van der Waals surface area contributed by atoms with E-state index >= 15 is 0 Å². The van der Waals surface area contributed by atoms with E-state index in [9.17, 15) is 0 Å². The van der Waals surface area contributed by atoms with E-state index in [0.717, 1.165) is 17.3 Å². The Hall–Kier alpha value is -1.25. The number of pyridine rings is 1. The van der Waals surface area contributed by atoms with Gasteiger partial charge in [-0.05, 0) is 24.8 Å². The van der Waals surface area contributed by atoms with Crippen LogP contribution in [-0.2, 0) is 0 Å². The summed E-state index contributed by atoms with van der Waals surface area (Å²) in [5.74, 6) is 0.752. The van der Waals surface area contributed by atoms with Crippen LogP contribution in [0.2, 0.25) is 0 Å². The van der Waals surface area contributed by atoms with Crippen LogP contribution in [0.15, 0.2) is 18.5 Å². The molecule has 1 heterocycles. The third kappa shape index (κ3) is 1.81. The van der Waals surface area contributed by atoms with Crippen molar-refractivity contribution in [3.63, 3.8) is 0 Å². The van der Waals surface area contributed by atoms with E-state index in [-0.39, 0.29) is 0 Å². The minimum atomic E-state index is 0.583. The minimum Gasteiger partial charge on any atom is -0.396 e. The van der Waals surface area contributed by atoms with Gasteiger partial charge in [0.1, 0.15) is 0 Å². The Morgan fingerprint density at radius 2 is 2.36 bits per heavy atom. The predicted molar refractivity (Wildman–Crippen MR) is 59.1 cm³/mol. The van der Waals surface area contributed by atoms with Gasteiger partial charge in [0.2, 0.25) is 0 Å². The van der Waals surface area contributed by atoms with Crippen molar-refractivity contribution >= 4 is 11.4 Å². The van der Waals surface area contributed by atoms with Crippen molar-refractivity contribution in [3.05, 3.63) is 18.5 Å². The van der Waals surface area contributed by atoms with Crippen LogP contribution in [0.5, 0.6) is 0 Å². The Balaban J connectivity index is 2.07. The molecule has 0 saturated heterocycles. The summed E-state index contributed by atoms with van der Waals surface area (Å²) in [5, 5.41) is 3.49. The zero-order chi connectivity index (χ0) is 9.97. The van der Waals surface area contributed by atoms with Crippen LogP contribution in [-0.4, -0.2) is 11.0 Å². The fourth-order valence-corrected chi connectivity index (χ4v) is 2.10. The van der Waals surface area contributed by atoms with Gasteiger partial charge in [0.15, 0.2) is 0 Å². The van der Waals surface area contributed by atoms with Crippen LogP contribution in [0.4, 0.5) is 11.4 Å². The first kappa shape index (κ1) is 9.31. The van der Waals surface area contributed by atoms with Gasteiger partial charge in [-0.1, -0.05) is 13.3 Å². The molecule has 0 aliphatic heterocycles. The SMILES string of the molecule is CC1CCCC1Nc1ccncc1N. The van der Waals surface area contributed by atoms with E-state index in [0.29, 0.717) is 6.04 Å². The number of hydrogen-bond acceptors (Lipinski definition) is 3. The molecule has 1 aliphatic rings. The zero-order valence-electron chi connectivity index (χ0n) is 8.53. The normalized spacial score (nSPS) is 26.4. The number of nitrogens with zero attached hydrogens (tertiary/aromatic N) is 1. The van der Waals surface area contributed by atoms with Gasteiger partial charge < -0.3 is 11.1 Å². The maximum Gasteiger partial charge on any atom is 0.0736 e. The summed E-state index contributed by atoms with van der Waals surface area (Å²) in [5.41, 5.74) is 7.59. The summed E-state index contributed by atoms with van der Waals surface area (Å²) in [6.45, 7) is 2.29. The molecule has 1 aliphatic carbocycles. The Morgan fingerprint density at radius 1 is 1.50 bits per heavy atom. The molecular formula is C11H17N3. The smallest absolute Gasteiger partial charge is 0.0736 e. The standard InChI is InChI=1S/C11H17N3/c1-8-3-2-4-10(8)14-11-5-6-13-7-9(11)12/h5-8,10H,2-4,12H2,1H3,(H,13,14). The van der Waals surface area contributed by atoms with Crippen LogP contribution in [0.3, 0.4) is 0 Å². The number of aromatic nitrogens is 1. The average molecular weight is 191 g/mol. The lowest BCUT2D eigenvalue weighted by molar-refractivity contribution is 0.556. The molecule has 2 atom stereocenters. The Morgan fingerprint density at radius 3 is 3.00 bits per heavy atom. The Bertz CT molecular complexity index is 311. The number of rotatable bonds is 2. The summed E-state index contributed by atoms with van der Waals surface area (Å²) in [6, 6.07) is 2.53. The van der Waals surface area contributed by atoms with Crippen molar-refractivity contribution in [1.82, 2.24) is 4.98 Å². The summed E-state index contributed by atoms with van der Waals surface area (Å²) in [4.78, 5) is 3.97. The van der Waals surface area contributed by atoms with E-state index < -0.39 is 0 Å². The molecule has 0 bridgehead atoms. The van der Waals surface area contributed by atoms with Crippen LogP contribution in [0.1, 0.15) is 26.2 Å². The third-order valence-corrected chi connectivity index (χ3v) is 3.05. The fourth-order valence-electron chi connectivity index (χ4n) is 2.10. The van der Waals surface area contributed by atoms with Crippen molar-refractivity contribution in [2.24, 2.45) is 5.92 Å². The van der Waals surface area contributed by atoms with Gasteiger partial charge in [-0.15, -0.1) is 0 Å². The van der Waals surface area contributed by atoms with Crippen LogP contribution in [0.25, 0.3) is 0 Å². The van der Waals surface area contributed by atoms with Crippen LogP contribution in [0, 0.1) is 5.92 Å². The lowest BCUT2D eigenvalue weighted by Gasteiger charge is -2.19. The van der Waals surface area contributed by atoms with Gasteiger partial charge in [-0.3, -0.25) is 4.98 Å². The average Bonchev–Trinajstić information content (AvgIpc) is 2.56. The number of nitrogens with one attached hydrogen (secondary N) is 1. The topological polar surface area (TPSA) is 50.9 Å². The summed E-state index contributed by atoms with van der Waals surface area (Å²) < 4.78 is 0. The highest BCUT2D eigenvalue weighted by atomic mass is 15.0. The molecule has 1 saturated carbocycles. The molecular weight excluding hydrogens is 174 g/mol. The second-order valence-electron chi connectivity index (χ2n) is 4.12. The first-order valence-electron chi connectivity index (χ1n) is 5.23. The van der Waals surface area contributed by atoms with E-state index in [1.165, 1.54) is 19.3 Å². The molecule has 3 nitrogen and oxygen atoms in total. The van der Waals surface area contributed by atoms with E-state index in [2.05, 4.69) is 17.2 Å². The van der Waals surface area contributed by atoms with E-state index in [4.69, 9.17) is 5.73 Å². The van der Waals surface area contributed by atoms with Crippen molar-refractivity contribution < 1.29 is 0 Å². The van der Waals surface area contributed by atoms with E-state index in [1.54, 1.807) is 12.4 Å². The molecule has 3 N–H and O–H groups in total. The molecule has 1 fully saturated rings. The molecule has 14 heavy (non-hydrogen) atoms. The largest absolute Gasteiger partial charge is 0.396 e. The van der Waals surface area contributed by atoms with Gasteiger partial charge >= 0.3 is 0 Å². The number of nitrogen functional groups attached to an aromatic ring is 1. The van der Waals surface area contributed by atoms with Gasteiger partial charge in [0.25, 0.3) is 0 Å². The third-order valence-electron chi connectivity index (χ3n) is 3.05. The molecule has 1 aromatic rings. The molecule has 2 rings (SSSR count). The highest BCUT2D eigenvalue weighted by Crippen LogP contribution is 2.29. The van der Waals surface area contributed by atoms with Gasteiger partial charge in [-0.25, -0.2) is 0 Å². The van der Waals surface area contributed by atoms with Crippen molar-refractivity contribution in [2.75, 3.05) is 11.1 Å². The quantitative estimate of drug-likeness (QED) is 0.754. The van der Waals surface area contributed by atoms with Crippen LogP contribution < -0.4 is 11.1 Å². The zero-order valence-corrected chi connectivity index (χ0v) is 8.53. The van der Waals surface area contributed by atoms with Crippen LogP contribution >= 0.6 is 0 Å². The van der Waals surface area contributed by atoms with Gasteiger partial charge in [0.05, 0.1) is 17.6 Å². The number of nitrogens with two attached hydrogens (primary N) is 1. The lowest BCUT2D eigenvalue weighted by Crippen LogP contribution is -2.22.